The van der Waals surface area contributed by atoms with E-state index in [1.165, 1.54) is 12.3 Å². The van der Waals surface area contributed by atoms with Crippen molar-refractivity contribution < 1.29 is 8.83 Å². The maximum absolute atomic E-state index is 11.6. The van der Waals surface area contributed by atoms with E-state index in [0.717, 1.165) is 10.9 Å². The Morgan fingerprint density at radius 2 is 2.16 bits per heavy atom. The number of aromatic nitrogens is 1. The van der Waals surface area contributed by atoms with E-state index >= 15 is 0 Å². The molecule has 2 heterocycles. The fourth-order valence-electron chi connectivity index (χ4n) is 2.03. The molecule has 3 rings (SSSR count). The molecule has 0 saturated heterocycles. The molecule has 2 aromatic heterocycles. The van der Waals surface area contributed by atoms with Gasteiger partial charge >= 0.3 is 5.63 Å². The quantitative estimate of drug-likeness (QED) is 0.711. The Hall–Kier alpha value is -2.40. The second-order valence-electron chi connectivity index (χ2n) is 4.27. The summed E-state index contributed by atoms with van der Waals surface area (Å²) in [5, 5.41) is 0.810. The van der Waals surface area contributed by atoms with Crippen LogP contribution in [0.3, 0.4) is 0 Å². The van der Waals surface area contributed by atoms with Gasteiger partial charge < -0.3 is 14.6 Å². The molecule has 1 aromatic carbocycles. The highest BCUT2D eigenvalue weighted by molar-refractivity contribution is 5.92. The van der Waals surface area contributed by atoms with Crippen LogP contribution in [0.15, 0.2) is 44.2 Å². The van der Waals surface area contributed by atoms with Gasteiger partial charge in [0.15, 0.2) is 5.89 Å². The van der Waals surface area contributed by atoms with E-state index in [9.17, 15) is 4.79 Å². The van der Waals surface area contributed by atoms with Crippen LogP contribution >= 0.6 is 0 Å². The average molecular weight is 256 g/mol. The summed E-state index contributed by atoms with van der Waals surface area (Å²) in [5.74, 6) is 0.551. The number of benzene rings is 1. The van der Waals surface area contributed by atoms with E-state index in [0.29, 0.717) is 29.3 Å². The molecule has 3 aromatic rings. The topological polar surface area (TPSA) is 82.3 Å². The molecule has 2 N–H and O–H groups in total. The van der Waals surface area contributed by atoms with Crippen molar-refractivity contribution >= 4 is 11.0 Å². The molecule has 0 atom stereocenters. The van der Waals surface area contributed by atoms with E-state index < -0.39 is 5.63 Å². The lowest BCUT2D eigenvalue weighted by molar-refractivity contribution is 0.521. The van der Waals surface area contributed by atoms with Gasteiger partial charge in [0.25, 0.3) is 0 Å². The van der Waals surface area contributed by atoms with Gasteiger partial charge in [0.1, 0.15) is 17.5 Å². The van der Waals surface area contributed by atoms with Crippen molar-refractivity contribution in [3.05, 3.63) is 52.4 Å². The fraction of sp³-hybridized carbons (Fsp3) is 0.143. The summed E-state index contributed by atoms with van der Waals surface area (Å²) < 4.78 is 10.4. The standard InChI is InChI=1S/C14H12N2O3/c1-8-16-12(7-18-8)11-5-14(17)19-13-4-9(6-15)2-3-10(11)13/h2-5,7H,6,15H2,1H3. The molecule has 0 spiro atoms. The van der Waals surface area contributed by atoms with Crippen LogP contribution in [0, 0.1) is 6.92 Å². The molecule has 0 unspecified atom stereocenters. The molecule has 0 fully saturated rings. The number of fused-ring (bicyclic) bond motifs is 1. The minimum atomic E-state index is -0.419. The molecular formula is C14H12N2O3. The highest BCUT2D eigenvalue weighted by Gasteiger charge is 2.11. The molecule has 5 nitrogen and oxygen atoms in total. The lowest BCUT2D eigenvalue weighted by atomic mass is 10.1. The Morgan fingerprint density at radius 3 is 2.84 bits per heavy atom. The second-order valence-corrected chi connectivity index (χ2v) is 4.27. The van der Waals surface area contributed by atoms with Crippen LogP contribution < -0.4 is 11.4 Å². The van der Waals surface area contributed by atoms with Crippen molar-refractivity contribution in [2.24, 2.45) is 5.73 Å². The Morgan fingerprint density at radius 1 is 1.32 bits per heavy atom. The summed E-state index contributed by atoms with van der Waals surface area (Å²) in [6, 6.07) is 6.97. The Labute approximate surface area is 108 Å². The Kier molecular flexibility index (Phi) is 2.68. The first-order chi connectivity index (χ1) is 9.17. The molecule has 0 aliphatic carbocycles. The fourth-order valence-corrected chi connectivity index (χ4v) is 2.03. The van der Waals surface area contributed by atoms with Crippen LogP contribution in [0.1, 0.15) is 11.5 Å². The maximum Gasteiger partial charge on any atom is 0.336 e. The predicted molar refractivity (Wildman–Crippen MR) is 70.6 cm³/mol. The smallest absolute Gasteiger partial charge is 0.336 e. The zero-order chi connectivity index (χ0) is 13.4. The van der Waals surface area contributed by atoms with Gasteiger partial charge in [0, 0.05) is 30.5 Å². The molecule has 19 heavy (non-hydrogen) atoms. The van der Waals surface area contributed by atoms with Crippen molar-refractivity contribution in [1.29, 1.82) is 0 Å². The Bertz CT molecular complexity index is 802. The summed E-state index contributed by atoms with van der Waals surface area (Å²) in [4.78, 5) is 15.9. The van der Waals surface area contributed by atoms with Crippen LogP contribution in [-0.4, -0.2) is 4.98 Å². The van der Waals surface area contributed by atoms with Crippen molar-refractivity contribution in [1.82, 2.24) is 4.98 Å². The molecule has 0 saturated carbocycles. The normalized spacial score (nSPS) is 11.1. The van der Waals surface area contributed by atoms with Gasteiger partial charge in [0.05, 0.1) is 0 Å². The molecular weight excluding hydrogens is 244 g/mol. The van der Waals surface area contributed by atoms with Gasteiger partial charge in [0.2, 0.25) is 0 Å². The third kappa shape index (κ3) is 2.04. The summed E-state index contributed by atoms with van der Waals surface area (Å²) in [6.45, 7) is 2.15. The first-order valence-electron chi connectivity index (χ1n) is 5.87. The van der Waals surface area contributed by atoms with Gasteiger partial charge in [-0.25, -0.2) is 9.78 Å². The summed E-state index contributed by atoms with van der Waals surface area (Å²) >= 11 is 0. The van der Waals surface area contributed by atoms with Gasteiger partial charge in [-0.15, -0.1) is 0 Å². The zero-order valence-electron chi connectivity index (χ0n) is 10.3. The van der Waals surface area contributed by atoms with Gasteiger partial charge in [-0.3, -0.25) is 0 Å². The third-order valence-electron chi connectivity index (χ3n) is 2.94. The predicted octanol–water partition coefficient (Wildman–Crippen LogP) is 2.22. The highest BCUT2D eigenvalue weighted by Crippen LogP contribution is 2.27. The summed E-state index contributed by atoms with van der Waals surface area (Å²) in [7, 11) is 0. The second kappa shape index (κ2) is 4.37. The van der Waals surface area contributed by atoms with Crippen molar-refractivity contribution in [3.63, 3.8) is 0 Å². The Balaban J connectivity index is 2.32. The first-order valence-corrected chi connectivity index (χ1v) is 5.87. The molecule has 0 amide bonds. The molecule has 0 radical (unpaired) electrons. The molecule has 96 valence electrons. The highest BCUT2D eigenvalue weighted by atomic mass is 16.4. The van der Waals surface area contributed by atoms with E-state index in [1.807, 2.05) is 12.1 Å². The average Bonchev–Trinajstić information content (AvgIpc) is 2.83. The number of nitrogens with two attached hydrogens (primary N) is 1. The number of aryl methyl sites for hydroxylation is 1. The minimum Gasteiger partial charge on any atom is -0.449 e. The van der Waals surface area contributed by atoms with E-state index in [-0.39, 0.29) is 0 Å². The van der Waals surface area contributed by atoms with Crippen LogP contribution in [0.25, 0.3) is 22.2 Å². The van der Waals surface area contributed by atoms with Gasteiger partial charge in [-0.05, 0) is 11.6 Å². The largest absolute Gasteiger partial charge is 0.449 e. The van der Waals surface area contributed by atoms with Crippen LogP contribution in [0.4, 0.5) is 0 Å². The van der Waals surface area contributed by atoms with E-state index in [4.69, 9.17) is 14.6 Å². The third-order valence-corrected chi connectivity index (χ3v) is 2.94. The minimum absolute atomic E-state index is 0.396. The summed E-state index contributed by atoms with van der Waals surface area (Å²) in [6.07, 6.45) is 1.53. The number of oxazole rings is 1. The van der Waals surface area contributed by atoms with Gasteiger partial charge in [-0.1, -0.05) is 12.1 Å². The summed E-state index contributed by atoms with van der Waals surface area (Å²) in [5.41, 5.74) is 7.90. The number of hydrogen-bond donors (Lipinski definition) is 1. The molecule has 0 aliphatic heterocycles. The zero-order valence-corrected chi connectivity index (χ0v) is 10.3. The number of hydrogen-bond acceptors (Lipinski definition) is 5. The van der Waals surface area contributed by atoms with Crippen LogP contribution in [-0.2, 0) is 6.54 Å². The SMILES string of the molecule is Cc1nc(-c2cc(=O)oc3cc(CN)ccc23)co1. The maximum atomic E-state index is 11.6. The van der Waals surface area contributed by atoms with Crippen molar-refractivity contribution in [3.8, 4) is 11.3 Å². The monoisotopic (exact) mass is 256 g/mol. The number of rotatable bonds is 2. The number of nitrogens with zero attached hydrogens (tertiary/aromatic N) is 1. The van der Waals surface area contributed by atoms with Crippen molar-refractivity contribution in [2.45, 2.75) is 13.5 Å². The lowest BCUT2D eigenvalue weighted by Crippen LogP contribution is -2.00. The van der Waals surface area contributed by atoms with Crippen LogP contribution in [0.2, 0.25) is 0 Å². The van der Waals surface area contributed by atoms with Crippen molar-refractivity contribution in [2.75, 3.05) is 0 Å². The molecule has 0 aliphatic rings. The molecule has 5 heteroatoms. The van der Waals surface area contributed by atoms with E-state index in [1.54, 1.807) is 13.0 Å². The first kappa shape index (κ1) is 11.7. The lowest BCUT2D eigenvalue weighted by Gasteiger charge is -2.03. The molecule has 0 bridgehead atoms. The van der Waals surface area contributed by atoms with Crippen LogP contribution in [0.5, 0.6) is 0 Å². The van der Waals surface area contributed by atoms with Gasteiger partial charge in [-0.2, -0.15) is 0 Å². The van der Waals surface area contributed by atoms with E-state index in [2.05, 4.69) is 4.98 Å².